The number of hydrogen-bond acceptors (Lipinski definition) is 6. The first-order valence-electron chi connectivity index (χ1n) is 6.30. The third-order valence-corrected chi connectivity index (χ3v) is 3.98. The van der Waals surface area contributed by atoms with Gasteiger partial charge in [-0.1, -0.05) is 12.1 Å². The molecule has 9 nitrogen and oxygen atoms in total. The maximum absolute atomic E-state index is 11.1. The largest absolute Gasteiger partial charge is 0.406 e. The first-order chi connectivity index (χ1) is 10.3. The van der Waals surface area contributed by atoms with E-state index in [1.54, 1.807) is 19.2 Å². The fourth-order valence-corrected chi connectivity index (χ4v) is 2.44. The Morgan fingerprint density at radius 1 is 1.36 bits per heavy atom. The molecule has 1 aromatic carbocycles. The molecule has 10 heteroatoms. The van der Waals surface area contributed by atoms with Gasteiger partial charge in [-0.2, -0.15) is 0 Å². The van der Waals surface area contributed by atoms with Gasteiger partial charge >= 0.3 is 5.82 Å². The van der Waals surface area contributed by atoms with Crippen molar-refractivity contribution in [2.45, 2.75) is 11.3 Å². The van der Waals surface area contributed by atoms with Gasteiger partial charge in [-0.15, -0.1) is 0 Å². The van der Waals surface area contributed by atoms with E-state index in [0.717, 1.165) is 5.56 Å². The molecular weight excluding hydrogens is 310 g/mol. The van der Waals surface area contributed by atoms with Crippen LogP contribution in [0.2, 0.25) is 0 Å². The first kappa shape index (κ1) is 15.9. The van der Waals surface area contributed by atoms with Gasteiger partial charge in [0.25, 0.3) is 0 Å². The molecule has 0 amide bonds. The minimum absolute atomic E-state index is 0.0477. The van der Waals surface area contributed by atoms with E-state index in [1.165, 1.54) is 23.0 Å². The number of imidazole rings is 1. The van der Waals surface area contributed by atoms with Crippen molar-refractivity contribution in [2.75, 3.05) is 11.9 Å². The molecule has 1 aromatic heterocycles. The first-order valence-corrected chi connectivity index (χ1v) is 7.85. The van der Waals surface area contributed by atoms with Gasteiger partial charge in [0.2, 0.25) is 22.2 Å². The highest BCUT2D eigenvalue weighted by atomic mass is 32.2. The fourth-order valence-electron chi connectivity index (χ4n) is 1.93. The van der Waals surface area contributed by atoms with E-state index >= 15 is 0 Å². The predicted octanol–water partition coefficient (Wildman–Crippen LogP) is 0.630. The molecule has 0 bridgehead atoms. The second kappa shape index (κ2) is 6.12. The summed E-state index contributed by atoms with van der Waals surface area (Å²) < 4.78 is 23.8. The van der Waals surface area contributed by atoms with E-state index in [4.69, 9.17) is 5.14 Å². The highest BCUT2D eigenvalue weighted by Crippen LogP contribution is 2.20. The van der Waals surface area contributed by atoms with Crippen molar-refractivity contribution in [2.24, 2.45) is 12.2 Å². The zero-order valence-electron chi connectivity index (χ0n) is 11.8. The Morgan fingerprint density at radius 2 is 2.00 bits per heavy atom. The predicted molar refractivity (Wildman–Crippen MR) is 79.9 cm³/mol. The van der Waals surface area contributed by atoms with Crippen LogP contribution in [0.3, 0.4) is 0 Å². The van der Waals surface area contributed by atoms with Gasteiger partial charge < -0.3 is 15.4 Å². The molecule has 0 atom stereocenters. The summed E-state index contributed by atoms with van der Waals surface area (Å²) in [6, 6.07) is 6.16. The lowest BCUT2D eigenvalue weighted by atomic mass is 10.1. The molecular formula is C12H15N5O4S. The Kier molecular flexibility index (Phi) is 4.43. The van der Waals surface area contributed by atoms with E-state index in [9.17, 15) is 18.5 Å². The number of sulfonamides is 1. The SMILES string of the molecule is Cn1cnc([N+](=O)[O-])c1NCCc1ccc(S(N)(=O)=O)cc1. The van der Waals surface area contributed by atoms with E-state index in [-0.39, 0.29) is 10.7 Å². The molecule has 118 valence electrons. The minimum Gasteiger partial charge on any atom is -0.364 e. The van der Waals surface area contributed by atoms with Gasteiger partial charge in [-0.05, 0) is 34.0 Å². The van der Waals surface area contributed by atoms with Crippen LogP contribution >= 0.6 is 0 Å². The maximum Gasteiger partial charge on any atom is 0.406 e. The smallest absolute Gasteiger partial charge is 0.364 e. The van der Waals surface area contributed by atoms with Crippen LogP contribution in [-0.2, 0) is 23.5 Å². The number of nitrogens with two attached hydrogens (primary N) is 1. The Morgan fingerprint density at radius 3 is 2.55 bits per heavy atom. The van der Waals surface area contributed by atoms with Crippen LogP contribution in [0, 0.1) is 10.1 Å². The van der Waals surface area contributed by atoms with Crippen LogP contribution in [0.25, 0.3) is 0 Å². The van der Waals surface area contributed by atoms with Crippen molar-refractivity contribution in [3.05, 3.63) is 46.3 Å². The number of nitrogens with zero attached hydrogens (tertiary/aromatic N) is 3. The van der Waals surface area contributed by atoms with Crippen molar-refractivity contribution < 1.29 is 13.3 Å². The summed E-state index contributed by atoms with van der Waals surface area (Å²) in [4.78, 5) is 14.0. The summed E-state index contributed by atoms with van der Waals surface area (Å²) in [7, 11) is -2.04. The number of benzene rings is 1. The number of primary sulfonamides is 1. The molecule has 0 aliphatic rings. The van der Waals surface area contributed by atoms with Crippen LogP contribution in [0.4, 0.5) is 11.6 Å². The molecule has 22 heavy (non-hydrogen) atoms. The molecule has 0 saturated heterocycles. The van der Waals surface area contributed by atoms with Crippen molar-refractivity contribution in [3.63, 3.8) is 0 Å². The average Bonchev–Trinajstić information content (AvgIpc) is 2.80. The third kappa shape index (κ3) is 3.59. The van der Waals surface area contributed by atoms with Gasteiger partial charge in [0.1, 0.15) is 0 Å². The summed E-state index contributed by atoms with van der Waals surface area (Å²) in [5.41, 5.74) is 0.879. The van der Waals surface area contributed by atoms with Gasteiger partial charge in [0.15, 0.2) is 0 Å². The summed E-state index contributed by atoms with van der Waals surface area (Å²) in [6.45, 7) is 0.440. The van der Waals surface area contributed by atoms with E-state index in [2.05, 4.69) is 10.3 Å². The average molecular weight is 325 g/mol. The maximum atomic E-state index is 11.1. The molecule has 0 unspecified atom stereocenters. The van der Waals surface area contributed by atoms with Crippen LogP contribution in [0.5, 0.6) is 0 Å². The molecule has 0 saturated carbocycles. The normalized spacial score (nSPS) is 11.4. The fraction of sp³-hybridized carbons (Fsp3) is 0.250. The number of anilines is 1. The highest BCUT2D eigenvalue weighted by Gasteiger charge is 2.19. The molecule has 3 N–H and O–H groups in total. The zero-order chi connectivity index (χ0) is 16.3. The monoisotopic (exact) mass is 325 g/mol. The number of nitro groups is 1. The molecule has 0 aliphatic carbocycles. The van der Waals surface area contributed by atoms with Crippen LogP contribution < -0.4 is 10.5 Å². The standard InChI is InChI=1S/C12H15N5O4S/c1-16-8-15-12(17(18)19)11(16)14-7-6-9-2-4-10(5-3-9)22(13,20)21/h2-5,8,14H,6-7H2,1H3,(H2,13,20,21). The quantitative estimate of drug-likeness (QED) is 0.591. The number of rotatable bonds is 6. The van der Waals surface area contributed by atoms with Gasteiger partial charge in [0.05, 0.1) is 4.90 Å². The second-order valence-corrected chi connectivity index (χ2v) is 6.21. The van der Waals surface area contributed by atoms with Gasteiger partial charge in [-0.3, -0.25) is 4.57 Å². The molecule has 1 heterocycles. The summed E-state index contributed by atoms with van der Waals surface area (Å²) in [5, 5.41) is 18.8. The molecule has 0 radical (unpaired) electrons. The van der Waals surface area contributed by atoms with Crippen LogP contribution in [-0.4, -0.2) is 29.4 Å². The Labute approximate surface area is 127 Å². The topological polar surface area (TPSA) is 133 Å². The van der Waals surface area contributed by atoms with Gasteiger partial charge in [0, 0.05) is 13.6 Å². The summed E-state index contributed by atoms with van der Waals surface area (Å²) in [5.74, 6) is 0.0956. The van der Waals surface area contributed by atoms with Crippen LogP contribution in [0.1, 0.15) is 5.56 Å². The lowest BCUT2D eigenvalue weighted by molar-refractivity contribution is -0.388. The van der Waals surface area contributed by atoms with E-state index in [1.807, 2.05) is 0 Å². The van der Waals surface area contributed by atoms with Crippen LogP contribution in [0.15, 0.2) is 35.5 Å². The van der Waals surface area contributed by atoms with Crippen molar-refractivity contribution >= 4 is 21.7 Å². The van der Waals surface area contributed by atoms with E-state index < -0.39 is 14.9 Å². The number of hydrogen-bond donors (Lipinski definition) is 2. The summed E-state index contributed by atoms with van der Waals surface area (Å²) in [6.07, 6.45) is 1.93. The Bertz CT molecular complexity index is 782. The lowest BCUT2D eigenvalue weighted by Gasteiger charge is -2.07. The van der Waals surface area contributed by atoms with Crippen molar-refractivity contribution in [1.82, 2.24) is 9.55 Å². The molecule has 0 aliphatic heterocycles. The molecule has 2 aromatic rings. The molecule has 0 fully saturated rings. The Hall–Kier alpha value is -2.46. The third-order valence-electron chi connectivity index (χ3n) is 3.05. The molecule has 0 spiro atoms. The molecule has 2 rings (SSSR count). The second-order valence-electron chi connectivity index (χ2n) is 4.65. The lowest BCUT2D eigenvalue weighted by Crippen LogP contribution is -2.12. The number of nitrogens with one attached hydrogen (secondary N) is 1. The van der Waals surface area contributed by atoms with Crippen molar-refractivity contribution in [3.8, 4) is 0 Å². The van der Waals surface area contributed by atoms with Crippen molar-refractivity contribution in [1.29, 1.82) is 0 Å². The highest BCUT2D eigenvalue weighted by molar-refractivity contribution is 7.89. The minimum atomic E-state index is -3.70. The zero-order valence-corrected chi connectivity index (χ0v) is 12.6. The van der Waals surface area contributed by atoms with E-state index in [0.29, 0.717) is 18.8 Å². The summed E-state index contributed by atoms with van der Waals surface area (Å²) >= 11 is 0. The van der Waals surface area contributed by atoms with Gasteiger partial charge in [-0.25, -0.2) is 13.6 Å². The Balaban J connectivity index is 2.00. The number of aromatic nitrogens is 2. The number of aryl methyl sites for hydroxylation is 1.